The first-order valence-electron chi connectivity index (χ1n) is 4.68. The van der Waals surface area contributed by atoms with Gasteiger partial charge in [-0.15, -0.1) is 0 Å². The van der Waals surface area contributed by atoms with Crippen LogP contribution in [0.1, 0.15) is 24.3 Å². The van der Waals surface area contributed by atoms with Crippen LogP contribution in [0.3, 0.4) is 0 Å². The molecule has 1 N–H and O–H groups in total. The summed E-state index contributed by atoms with van der Waals surface area (Å²) in [6.07, 6.45) is 4.02. The lowest BCUT2D eigenvalue weighted by Crippen LogP contribution is -2.28. The lowest BCUT2D eigenvalue weighted by Gasteiger charge is -2.22. The first-order valence-corrected chi connectivity index (χ1v) is 4.68. The number of nitrogens with zero attached hydrogens (tertiary/aromatic N) is 1. The third kappa shape index (κ3) is 2.04. The molecular formula is C10H13FN2. The van der Waals surface area contributed by atoms with Crippen LogP contribution in [0.15, 0.2) is 18.3 Å². The number of hydrogen-bond acceptors (Lipinski definition) is 2. The van der Waals surface area contributed by atoms with Crippen molar-refractivity contribution >= 4 is 0 Å². The van der Waals surface area contributed by atoms with Crippen LogP contribution in [0, 0.1) is 5.95 Å². The summed E-state index contributed by atoms with van der Waals surface area (Å²) in [5, 5.41) is 3.33. The quantitative estimate of drug-likeness (QED) is 0.665. The van der Waals surface area contributed by atoms with Crippen LogP contribution >= 0.6 is 0 Å². The molecule has 1 aromatic rings. The highest BCUT2D eigenvalue weighted by Crippen LogP contribution is 2.21. The lowest BCUT2D eigenvalue weighted by molar-refractivity contribution is 0.459. The molecule has 0 radical (unpaired) electrons. The van der Waals surface area contributed by atoms with Gasteiger partial charge in [-0.25, -0.2) is 4.98 Å². The second-order valence-electron chi connectivity index (χ2n) is 3.46. The number of hydrogen-bond donors (Lipinski definition) is 1. The molecule has 1 aliphatic rings. The molecule has 1 saturated heterocycles. The monoisotopic (exact) mass is 180 g/mol. The Hall–Kier alpha value is -0.960. The van der Waals surface area contributed by atoms with E-state index < -0.39 is 5.95 Å². The van der Waals surface area contributed by atoms with Crippen LogP contribution in [0.4, 0.5) is 4.39 Å². The van der Waals surface area contributed by atoms with E-state index in [4.69, 9.17) is 0 Å². The smallest absolute Gasteiger partial charge is 0.212 e. The van der Waals surface area contributed by atoms with E-state index >= 15 is 0 Å². The molecule has 0 aliphatic carbocycles. The van der Waals surface area contributed by atoms with Crippen molar-refractivity contribution in [3.05, 3.63) is 29.8 Å². The second-order valence-corrected chi connectivity index (χ2v) is 3.46. The Morgan fingerprint density at radius 2 is 2.38 bits per heavy atom. The van der Waals surface area contributed by atoms with Gasteiger partial charge in [-0.2, -0.15) is 4.39 Å². The molecule has 13 heavy (non-hydrogen) atoms. The third-order valence-corrected chi connectivity index (χ3v) is 2.52. The fraction of sp³-hybridized carbons (Fsp3) is 0.500. The topological polar surface area (TPSA) is 24.9 Å². The summed E-state index contributed by atoms with van der Waals surface area (Å²) in [6, 6.07) is 3.27. The van der Waals surface area contributed by atoms with Crippen molar-refractivity contribution in [2.24, 2.45) is 0 Å². The van der Waals surface area contributed by atoms with Gasteiger partial charge < -0.3 is 5.32 Å². The second kappa shape index (κ2) is 3.83. The van der Waals surface area contributed by atoms with Crippen molar-refractivity contribution < 1.29 is 4.39 Å². The van der Waals surface area contributed by atoms with E-state index in [1.807, 2.05) is 6.07 Å². The predicted molar refractivity (Wildman–Crippen MR) is 49.0 cm³/mol. The highest BCUT2D eigenvalue weighted by atomic mass is 19.1. The maximum absolute atomic E-state index is 12.5. The van der Waals surface area contributed by atoms with Gasteiger partial charge in [0.2, 0.25) is 5.95 Å². The number of aromatic nitrogens is 1. The van der Waals surface area contributed by atoms with Crippen LogP contribution < -0.4 is 5.32 Å². The van der Waals surface area contributed by atoms with E-state index in [2.05, 4.69) is 10.3 Å². The molecule has 0 spiro atoms. The minimum Gasteiger partial charge on any atom is -0.316 e. The van der Waals surface area contributed by atoms with E-state index in [0.29, 0.717) is 5.92 Å². The summed E-state index contributed by atoms with van der Waals surface area (Å²) < 4.78 is 12.5. The average Bonchev–Trinajstić information content (AvgIpc) is 2.20. The van der Waals surface area contributed by atoms with E-state index in [-0.39, 0.29) is 0 Å². The van der Waals surface area contributed by atoms with Gasteiger partial charge in [-0.1, -0.05) is 6.07 Å². The van der Waals surface area contributed by atoms with Gasteiger partial charge in [0.25, 0.3) is 0 Å². The zero-order valence-electron chi connectivity index (χ0n) is 7.46. The fourth-order valence-corrected chi connectivity index (χ4v) is 1.77. The molecule has 2 rings (SSSR count). The fourth-order valence-electron chi connectivity index (χ4n) is 1.77. The number of piperidine rings is 1. The summed E-state index contributed by atoms with van der Waals surface area (Å²) in [5.41, 5.74) is 1.15. The highest BCUT2D eigenvalue weighted by molar-refractivity contribution is 5.16. The molecule has 0 aromatic carbocycles. The van der Waals surface area contributed by atoms with Crippen molar-refractivity contribution in [2.75, 3.05) is 13.1 Å². The summed E-state index contributed by atoms with van der Waals surface area (Å²) >= 11 is 0. The van der Waals surface area contributed by atoms with Gasteiger partial charge in [-0.05, 0) is 36.9 Å². The zero-order chi connectivity index (χ0) is 9.10. The maximum atomic E-state index is 12.5. The zero-order valence-corrected chi connectivity index (χ0v) is 7.46. The van der Waals surface area contributed by atoms with E-state index in [9.17, 15) is 4.39 Å². The molecule has 0 saturated carbocycles. The molecule has 1 aromatic heterocycles. The van der Waals surface area contributed by atoms with Gasteiger partial charge in [0.15, 0.2) is 0 Å². The number of rotatable bonds is 1. The first kappa shape index (κ1) is 8.63. The molecule has 1 aliphatic heterocycles. The Kier molecular flexibility index (Phi) is 2.54. The Labute approximate surface area is 77.2 Å². The largest absolute Gasteiger partial charge is 0.316 e. The van der Waals surface area contributed by atoms with Crippen LogP contribution in [0.25, 0.3) is 0 Å². The van der Waals surface area contributed by atoms with E-state index in [1.165, 1.54) is 18.9 Å². The molecule has 0 bridgehead atoms. The van der Waals surface area contributed by atoms with Crippen molar-refractivity contribution in [2.45, 2.75) is 18.8 Å². The van der Waals surface area contributed by atoms with Crippen molar-refractivity contribution in [1.29, 1.82) is 0 Å². The van der Waals surface area contributed by atoms with E-state index in [0.717, 1.165) is 18.7 Å². The maximum Gasteiger partial charge on any atom is 0.212 e. The lowest BCUT2D eigenvalue weighted by atomic mass is 9.93. The Morgan fingerprint density at radius 3 is 3.00 bits per heavy atom. The molecular weight excluding hydrogens is 167 g/mol. The van der Waals surface area contributed by atoms with Gasteiger partial charge in [0.1, 0.15) is 0 Å². The van der Waals surface area contributed by atoms with Crippen molar-refractivity contribution in [3.63, 3.8) is 0 Å². The van der Waals surface area contributed by atoms with Crippen LogP contribution in [0.2, 0.25) is 0 Å². The van der Waals surface area contributed by atoms with Crippen molar-refractivity contribution in [1.82, 2.24) is 10.3 Å². The minimum atomic E-state index is -0.396. The Balaban J connectivity index is 2.10. The minimum absolute atomic E-state index is 0.396. The van der Waals surface area contributed by atoms with Crippen molar-refractivity contribution in [3.8, 4) is 0 Å². The molecule has 2 heterocycles. The average molecular weight is 180 g/mol. The Bertz CT molecular complexity index is 265. The van der Waals surface area contributed by atoms with E-state index in [1.54, 1.807) is 6.20 Å². The number of pyridine rings is 1. The Morgan fingerprint density at radius 1 is 1.46 bits per heavy atom. The molecule has 2 nitrogen and oxygen atoms in total. The van der Waals surface area contributed by atoms with Gasteiger partial charge in [0.05, 0.1) is 0 Å². The molecule has 70 valence electrons. The highest BCUT2D eigenvalue weighted by Gasteiger charge is 2.14. The number of halogens is 1. The molecule has 3 heteroatoms. The summed E-state index contributed by atoms with van der Waals surface area (Å²) in [5.74, 6) is 0.120. The molecule has 0 unspecified atom stereocenters. The van der Waals surface area contributed by atoms with Gasteiger partial charge in [0, 0.05) is 12.7 Å². The predicted octanol–water partition coefficient (Wildman–Crippen LogP) is 1.69. The summed E-state index contributed by atoms with van der Waals surface area (Å²) in [4.78, 5) is 3.66. The molecule has 1 fully saturated rings. The molecule has 0 amide bonds. The van der Waals surface area contributed by atoms with Gasteiger partial charge in [-0.3, -0.25) is 0 Å². The summed E-state index contributed by atoms with van der Waals surface area (Å²) in [7, 11) is 0. The standard InChI is InChI=1S/C10H13FN2/c11-10-4-3-9(7-13-10)8-2-1-5-12-6-8/h3-4,7-8,12H,1-2,5-6H2/t8-/m0/s1. The molecule has 1 atom stereocenters. The van der Waals surface area contributed by atoms with Crippen LogP contribution in [-0.2, 0) is 0 Å². The first-order chi connectivity index (χ1) is 6.36. The summed E-state index contributed by atoms with van der Waals surface area (Å²) in [6.45, 7) is 2.10. The number of nitrogens with one attached hydrogen (secondary N) is 1. The normalized spacial score (nSPS) is 23.0. The van der Waals surface area contributed by atoms with Crippen LogP contribution in [0.5, 0.6) is 0 Å². The van der Waals surface area contributed by atoms with Crippen LogP contribution in [-0.4, -0.2) is 18.1 Å². The SMILES string of the molecule is Fc1ccc([C@H]2CCCNC2)cn1. The third-order valence-electron chi connectivity index (χ3n) is 2.52. The van der Waals surface area contributed by atoms with Gasteiger partial charge >= 0.3 is 0 Å².